The van der Waals surface area contributed by atoms with Crippen molar-refractivity contribution < 1.29 is 4.79 Å². The predicted octanol–water partition coefficient (Wildman–Crippen LogP) is 0.808. The molecule has 0 spiro atoms. The summed E-state index contributed by atoms with van der Waals surface area (Å²) in [6.45, 7) is 2.87. The summed E-state index contributed by atoms with van der Waals surface area (Å²) in [6.07, 6.45) is 2.28. The molecule has 1 aromatic rings. The lowest BCUT2D eigenvalue weighted by atomic mass is 10.4. The molecule has 2 rings (SSSR count). The van der Waals surface area contributed by atoms with Crippen molar-refractivity contribution in [2.24, 2.45) is 0 Å². The molecule has 1 aliphatic heterocycles. The van der Waals surface area contributed by atoms with Crippen LogP contribution in [-0.4, -0.2) is 66.2 Å². The van der Waals surface area contributed by atoms with Gasteiger partial charge in [-0.15, -0.1) is 0 Å². The summed E-state index contributed by atoms with van der Waals surface area (Å²) >= 11 is 5.93. The molecule has 1 aromatic heterocycles. The molecule has 1 aliphatic rings. The van der Waals surface area contributed by atoms with Crippen LogP contribution >= 0.6 is 11.6 Å². The summed E-state index contributed by atoms with van der Waals surface area (Å²) in [7, 11) is 3.38. The van der Waals surface area contributed by atoms with Crippen molar-refractivity contribution >= 4 is 29.5 Å². The Balaban J connectivity index is 1.86. The van der Waals surface area contributed by atoms with Crippen LogP contribution in [0.5, 0.6) is 0 Å². The molecule has 2 heterocycles. The number of carbonyl (C=O) groups is 1. The summed E-state index contributed by atoms with van der Waals surface area (Å²) in [4.78, 5) is 27.5. The first-order valence-electron chi connectivity index (χ1n) is 6.92. The molecule has 0 radical (unpaired) electrons. The van der Waals surface area contributed by atoms with Crippen LogP contribution in [0.1, 0.15) is 12.8 Å². The molecule has 0 atom stereocenters. The SMILES string of the molecule is CN(C)C(=O)NCCNc1nc(Cl)nc(N2CCCC2)n1. The minimum Gasteiger partial charge on any atom is -0.352 e. The Morgan fingerprint density at radius 2 is 1.95 bits per heavy atom. The second kappa shape index (κ2) is 7.26. The Morgan fingerprint density at radius 1 is 1.24 bits per heavy atom. The average Bonchev–Trinajstić information content (AvgIpc) is 2.96. The van der Waals surface area contributed by atoms with Crippen molar-refractivity contribution in [2.75, 3.05) is 50.5 Å². The maximum absolute atomic E-state index is 11.4. The van der Waals surface area contributed by atoms with Crippen molar-refractivity contribution in [1.82, 2.24) is 25.2 Å². The van der Waals surface area contributed by atoms with E-state index in [1.54, 1.807) is 14.1 Å². The summed E-state index contributed by atoms with van der Waals surface area (Å²) in [5, 5.41) is 5.96. The number of halogens is 1. The fraction of sp³-hybridized carbons (Fsp3) is 0.667. The number of anilines is 2. The van der Waals surface area contributed by atoms with Crippen LogP contribution in [-0.2, 0) is 0 Å². The first-order chi connectivity index (χ1) is 10.1. The Labute approximate surface area is 128 Å². The normalized spacial score (nSPS) is 14.1. The van der Waals surface area contributed by atoms with Gasteiger partial charge in [0.1, 0.15) is 0 Å². The van der Waals surface area contributed by atoms with Crippen molar-refractivity contribution in [1.29, 1.82) is 0 Å². The standard InChI is InChI=1S/C12H20ClN7O/c1-19(2)12(21)15-6-5-14-10-16-9(13)17-11(18-10)20-7-3-4-8-20/h3-8H2,1-2H3,(H,15,21)(H,14,16,17,18). The van der Waals surface area contributed by atoms with Gasteiger partial charge in [-0.3, -0.25) is 0 Å². The van der Waals surface area contributed by atoms with E-state index in [0.29, 0.717) is 25.0 Å². The number of nitrogens with one attached hydrogen (secondary N) is 2. The monoisotopic (exact) mass is 313 g/mol. The van der Waals surface area contributed by atoms with E-state index in [9.17, 15) is 4.79 Å². The molecule has 21 heavy (non-hydrogen) atoms. The van der Waals surface area contributed by atoms with E-state index in [0.717, 1.165) is 25.9 Å². The molecule has 2 N–H and O–H groups in total. The first kappa shape index (κ1) is 15.6. The molecule has 0 saturated carbocycles. The lowest BCUT2D eigenvalue weighted by Crippen LogP contribution is -2.37. The summed E-state index contributed by atoms with van der Waals surface area (Å²) in [5.74, 6) is 1.03. The fourth-order valence-electron chi connectivity index (χ4n) is 1.98. The quantitative estimate of drug-likeness (QED) is 0.782. The number of rotatable bonds is 5. The third-order valence-electron chi connectivity index (χ3n) is 3.08. The van der Waals surface area contributed by atoms with Crippen molar-refractivity contribution in [3.63, 3.8) is 0 Å². The number of aromatic nitrogens is 3. The molecule has 2 amide bonds. The van der Waals surface area contributed by atoms with Gasteiger partial charge < -0.3 is 20.4 Å². The van der Waals surface area contributed by atoms with Gasteiger partial charge in [-0.05, 0) is 24.4 Å². The molecule has 116 valence electrons. The third kappa shape index (κ3) is 4.59. The lowest BCUT2D eigenvalue weighted by molar-refractivity contribution is 0.218. The molecule has 0 bridgehead atoms. The van der Waals surface area contributed by atoms with Gasteiger partial charge in [0.15, 0.2) is 0 Å². The van der Waals surface area contributed by atoms with Gasteiger partial charge in [0.2, 0.25) is 17.2 Å². The second-order valence-electron chi connectivity index (χ2n) is 4.98. The summed E-state index contributed by atoms with van der Waals surface area (Å²) in [5.41, 5.74) is 0. The molecule has 0 aliphatic carbocycles. The molecule has 0 aromatic carbocycles. The maximum atomic E-state index is 11.4. The van der Waals surface area contributed by atoms with Gasteiger partial charge in [-0.1, -0.05) is 0 Å². The van der Waals surface area contributed by atoms with E-state index in [4.69, 9.17) is 11.6 Å². The van der Waals surface area contributed by atoms with Gasteiger partial charge in [-0.2, -0.15) is 15.0 Å². The molecular weight excluding hydrogens is 294 g/mol. The van der Waals surface area contributed by atoms with Crippen molar-refractivity contribution in [3.05, 3.63) is 5.28 Å². The van der Waals surface area contributed by atoms with E-state index in [1.165, 1.54) is 4.90 Å². The zero-order valence-electron chi connectivity index (χ0n) is 12.3. The molecule has 1 fully saturated rings. The zero-order valence-corrected chi connectivity index (χ0v) is 13.0. The van der Waals surface area contributed by atoms with Crippen LogP contribution in [0, 0.1) is 0 Å². The van der Waals surface area contributed by atoms with Crippen LogP contribution in [0.2, 0.25) is 5.28 Å². The van der Waals surface area contributed by atoms with E-state index < -0.39 is 0 Å². The van der Waals surface area contributed by atoms with E-state index >= 15 is 0 Å². The molecule has 0 unspecified atom stereocenters. The summed E-state index contributed by atoms with van der Waals surface area (Å²) in [6, 6.07) is -0.136. The minimum absolute atomic E-state index is 0.136. The highest BCUT2D eigenvalue weighted by molar-refractivity contribution is 6.28. The number of amides is 2. The Hall–Kier alpha value is -1.83. The van der Waals surface area contributed by atoms with E-state index in [-0.39, 0.29) is 11.3 Å². The van der Waals surface area contributed by atoms with Crippen LogP contribution in [0.25, 0.3) is 0 Å². The predicted molar refractivity (Wildman–Crippen MR) is 81.9 cm³/mol. The Bertz CT molecular complexity index is 490. The highest BCUT2D eigenvalue weighted by Gasteiger charge is 2.16. The number of hydrogen-bond acceptors (Lipinski definition) is 6. The molecule has 9 heteroatoms. The number of hydrogen-bond donors (Lipinski definition) is 2. The van der Waals surface area contributed by atoms with Crippen LogP contribution in [0.3, 0.4) is 0 Å². The largest absolute Gasteiger partial charge is 0.352 e. The minimum atomic E-state index is -0.136. The zero-order chi connectivity index (χ0) is 15.2. The van der Waals surface area contributed by atoms with E-state index in [1.807, 2.05) is 0 Å². The van der Waals surface area contributed by atoms with Gasteiger partial charge in [0.05, 0.1) is 0 Å². The van der Waals surface area contributed by atoms with Crippen LogP contribution in [0.4, 0.5) is 16.7 Å². The highest BCUT2D eigenvalue weighted by Crippen LogP contribution is 2.18. The van der Waals surface area contributed by atoms with Gasteiger partial charge in [-0.25, -0.2) is 4.79 Å². The average molecular weight is 314 g/mol. The molecular formula is C12H20ClN7O. The van der Waals surface area contributed by atoms with Gasteiger partial charge in [0.25, 0.3) is 0 Å². The number of nitrogens with zero attached hydrogens (tertiary/aromatic N) is 5. The number of carbonyl (C=O) groups excluding carboxylic acids is 1. The molecule has 1 saturated heterocycles. The van der Waals surface area contributed by atoms with Crippen molar-refractivity contribution in [2.45, 2.75) is 12.8 Å². The lowest BCUT2D eigenvalue weighted by Gasteiger charge is -2.16. The van der Waals surface area contributed by atoms with Crippen LogP contribution in [0.15, 0.2) is 0 Å². The third-order valence-corrected chi connectivity index (χ3v) is 3.24. The van der Waals surface area contributed by atoms with Gasteiger partial charge >= 0.3 is 6.03 Å². The first-order valence-corrected chi connectivity index (χ1v) is 7.29. The maximum Gasteiger partial charge on any atom is 0.316 e. The fourth-order valence-corrected chi connectivity index (χ4v) is 2.13. The Morgan fingerprint density at radius 3 is 2.62 bits per heavy atom. The molecule has 8 nitrogen and oxygen atoms in total. The smallest absolute Gasteiger partial charge is 0.316 e. The van der Waals surface area contributed by atoms with Crippen LogP contribution < -0.4 is 15.5 Å². The van der Waals surface area contributed by atoms with Gasteiger partial charge in [0, 0.05) is 40.3 Å². The van der Waals surface area contributed by atoms with E-state index in [2.05, 4.69) is 30.5 Å². The Kier molecular flexibility index (Phi) is 5.38. The number of urea groups is 1. The summed E-state index contributed by atoms with van der Waals surface area (Å²) < 4.78 is 0. The highest BCUT2D eigenvalue weighted by atomic mass is 35.5. The topological polar surface area (TPSA) is 86.3 Å². The van der Waals surface area contributed by atoms with Crippen molar-refractivity contribution in [3.8, 4) is 0 Å². The second-order valence-corrected chi connectivity index (χ2v) is 5.31.